The van der Waals surface area contributed by atoms with Gasteiger partial charge >= 0.3 is 0 Å². The lowest BCUT2D eigenvalue weighted by atomic mass is 9.67. The maximum Gasteiger partial charge on any atom is 0.160 e. The SMILES string of the molecule is c1ccc(-c2cc(-c3ccccc3)nc(-c3ccc(-c4ccc(-c5nc6ccccc6c6c7c(ccc56)C(c5ccccc5)(c5ccccc5)c5ccccc5-7)cc4)cc3)n2)cc1. The van der Waals surface area contributed by atoms with Crippen LogP contribution >= 0.6 is 0 Å². The average Bonchev–Trinajstić information content (AvgIpc) is 3.68. The summed E-state index contributed by atoms with van der Waals surface area (Å²) < 4.78 is 0. The van der Waals surface area contributed by atoms with Crippen LogP contribution in [0.15, 0.2) is 237 Å². The molecule has 1 aliphatic rings. The highest BCUT2D eigenvalue weighted by Crippen LogP contribution is 2.58. The van der Waals surface area contributed by atoms with Crippen molar-refractivity contribution in [3.05, 3.63) is 259 Å². The summed E-state index contributed by atoms with van der Waals surface area (Å²) in [4.78, 5) is 15.5. The molecular weight excluding hydrogens is 763 g/mol. The zero-order valence-corrected chi connectivity index (χ0v) is 34.4. The van der Waals surface area contributed by atoms with Crippen LogP contribution in [0.25, 0.3) is 89.1 Å². The molecule has 3 heteroatoms. The molecular formula is C60H39N3. The topological polar surface area (TPSA) is 38.7 Å². The van der Waals surface area contributed by atoms with Gasteiger partial charge in [0.15, 0.2) is 5.82 Å². The van der Waals surface area contributed by atoms with Crippen molar-refractivity contribution in [2.45, 2.75) is 5.41 Å². The van der Waals surface area contributed by atoms with E-state index in [1.807, 2.05) is 36.4 Å². The number of nitrogens with zero attached hydrogens (tertiary/aromatic N) is 3. The van der Waals surface area contributed by atoms with E-state index in [1.54, 1.807) is 0 Å². The van der Waals surface area contributed by atoms with E-state index in [4.69, 9.17) is 15.0 Å². The molecule has 11 aromatic rings. The molecule has 0 unspecified atom stereocenters. The monoisotopic (exact) mass is 801 g/mol. The first-order valence-corrected chi connectivity index (χ1v) is 21.5. The summed E-state index contributed by atoms with van der Waals surface area (Å²) in [6, 6.07) is 84.5. The Morgan fingerprint density at radius 3 is 1.41 bits per heavy atom. The Hall–Kier alpha value is -8.27. The minimum Gasteiger partial charge on any atom is -0.247 e. The largest absolute Gasteiger partial charge is 0.247 e. The minimum atomic E-state index is -0.481. The average molecular weight is 802 g/mol. The van der Waals surface area contributed by atoms with Gasteiger partial charge in [0.1, 0.15) is 0 Å². The van der Waals surface area contributed by atoms with Crippen molar-refractivity contribution in [2.75, 3.05) is 0 Å². The van der Waals surface area contributed by atoms with E-state index in [2.05, 4.69) is 200 Å². The van der Waals surface area contributed by atoms with E-state index in [-0.39, 0.29) is 0 Å². The molecule has 1 aliphatic carbocycles. The first-order chi connectivity index (χ1) is 31.2. The number of hydrogen-bond donors (Lipinski definition) is 0. The highest BCUT2D eigenvalue weighted by atomic mass is 14.9. The second-order valence-electron chi connectivity index (χ2n) is 16.3. The number of aromatic nitrogens is 3. The summed E-state index contributed by atoms with van der Waals surface area (Å²) in [5, 5.41) is 3.54. The van der Waals surface area contributed by atoms with Gasteiger partial charge in [0.05, 0.1) is 28.0 Å². The first-order valence-electron chi connectivity index (χ1n) is 21.5. The molecule has 0 saturated heterocycles. The summed E-state index contributed by atoms with van der Waals surface area (Å²) in [7, 11) is 0. The molecule has 0 fully saturated rings. The molecule has 63 heavy (non-hydrogen) atoms. The Bertz CT molecular complexity index is 3360. The number of benzene rings is 9. The molecule has 0 amide bonds. The fraction of sp³-hybridized carbons (Fsp3) is 0.0167. The number of para-hydroxylation sites is 1. The van der Waals surface area contributed by atoms with Crippen LogP contribution in [-0.4, -0.2) is 15.0 Å². The Kier molecular flexibility index (Phi) is 8.72. The van der Waals surface area contributed by atoms with Gasteiger partial charge in [0, 0.05) is 38.4 Å². The molecule has 12 rings (SSSR count). The molecule has 2 aromatic heterocycles. The van der Waals surface area contributed by atoms with Crippen LogP contribution < -0.4 is 0 Å². The van der Waals surface area contributed by atoms with Gasteiger partial charge < -0.3 is 0 Å². The quantitative estimate of drug-likeness (QED) is 0.151. The Morgan fingerprint density at radius 1 is 0.317 bits per heavy atom. The van der Waals surface area contributed by atoms with Gasteiger partial charge in [-0.3, -0.25) is 0 Å². The van der Waals surface area contributed by atoms with Crippen molar-refractivity contribution >= 4 is 21.7 Å². The van der Waals surface area contributed by atoms with Crippen molar-refractivity contribution in [3.8, 4) is 67.4 Å². The van der Waals surface area contributed by atoms with Crippen LogP contribution in [0.1, 0.15) is 22.3 Å². The van der Waals surface area contributed by atoms with Gasteiger partial charge in [-0.2, -0.15) is 0 Å². The zero-order chi connectivity index (χ0) is 41.7. The molecule has 0 bridgehead atoms. The summed E-state index contributed by atoms with van der Waals surface area (Å²) in [5.74, 6) is 0.699. The predicted molar refractivity (Wildman–Crippen MR) is 259 cm³/mol. The fourth-order valence-electron chi connectivity index (χ4n) is 9.92. The molecule has 0 aliphatic heterocycles. The second kappa shape index (κ2) is 15.0. The lowest BCUT2D eigenvalue weighted by Gasteiger charge is -2.34. The molecule has 3 nitrogen and oxygen atoms in total. The van der Waals surface area contributed by atoms with Crippen molar-refractivity contribution < 1.29 is 0 Å². The van der Waals surface area contributed by atoms with Crippen molar-refractivity contribution in [3.63, 3.8) is 0 Å². The first kappa shape index (κ1) is 36.6. The predicted octanol–water partition coefficient (Wildman–Crippen LogP) is 14.9. The lowest BCUT2D eigenvalue weighted by Crippen LogP contribution is -2.28. The summed E-state index contributed by atoms with van der Waals surface area (Å²) in [5.41, 5.74) is 17.4. The van der Waals surface area contributed by atoms with Crippen LogP contribution in [0, 0.1) is 0 Å². The third kappa shape index (κ3) is 6.01. The molecule has 9 aromatic carbocycles. The van der Waals surface area contributed by atoms with Crippen LogP contribution in [0.2, 0.25) is 0 Å². The van der Waals surface area contributed by atoms with Crippen LogP contribution in [0.3, 0.4) is 0 Å². The number of hydrogen-bond acceptors (Lipinski definition) is 3. The zero-order valence-electron chi connectivity index (χ0n) is 34.4. The molecule has 294 valence electrons. The second-order valence-corrected chi connectivity index (χ2v) is 16.3. The minimum absolute atomic E-state index is 0.481. The molecule has 0 saturated carbocycles. The van der Waals surface area contributed by atoms with Gasteiger partial charge in [0.2, 0.25) is 0 Å². The fourth-order valence-corrected chi connectivity index (χ4v) is 9.92. The molecule has 0 N–H and O–H groups in total. The third-order valence-electron chi connectivity index (χ3n) is 12.8. The molecule has 0 radical (unpaired) electrons. The number of pyridine rings is 1. The Labute approximate surface area is 366 Å². The van der Waals surface area contributed by atoms with E-state index < -0.39 is 5.41 Å². The van der Waals surface area contributed by atoms with Crippen molar-refractivity contribution in [2.24, 2.45) is 0 Å². The highest BCUT2D eigenvalue weighted by molar-refractivity contribution is 6.19. The maximum atomic E-state index is 5.40. The van der Waals surface area contributed by atoms with Crippen LogP contribution in [-0.2, 0) is 5.41 Å². The molecule has 2 heterocycles. The van der Waals surface area contributed by atoms with E-state index >= 15 is 0 Å². The molecule has 0 spiro atoms. The Balaban J connectivity index is 0.965. The van der Waals surface area contributed by atoms with Gasteiger partial charge in [-0.15, -0.1) is 0 Å². The maximum absolute atomic E-state index is 5.40. The summed E-state index contributed by atoms with van der Waals surface area (Å²) in [6.07, 6.45) is 0. The number of fused-ring (bicyclic) bond motifs is 7. The van der Waals surface area contributed by atoms with Gasteiger partial charge in [-0.1, -0.05) is 224 Å². The van der Waals surface area contributed by atoms with Gasteiger partial charge in [-0.05, 0) is 56.6 Å². The standard InChI is InChI=1S/C60H39N3/c1-5-17-42(18-6-1)54-39-55(43-19-7-2-8-20-43)63-59(62-54)45-35-31-41(32-36-45)40-29-33-44(34-30-40)58-50-37-38-52-57(56(50)49-26-14-16-28-53(49)61-58)48-25-13-15-27-51(48)60(52,46-21-9-3-10-22-46)47-23-11-4-12-24-47/h1-39H. The van der Waals surface area contributed by atoms with Crippen molar-refractivity contribution in [1.29, 1.82) is 0 Å². The van der Waals surface area contributed by atoms with E-state index in [0.29, 0.717) is 5.82 Å². The summed E-state index contributed by atoms with van der Waals surface area (Å²) >= 11 is 0. The van der Waals surface area contributed by atoms with Crippen LogP contribution in [0.4, 0.5) is 0 Å². The Morgan fingerprint density at radius 2 is 0.810 bits per heavy atom. The van der Waals surface area contributed by atoms with Gasteiger partial charge in [0.25, 0.3) is 0 Å². The van der Waals surface area contributed by atoms with Crippen LogP contribution in [0.5, 0.6) is 0 Å². The third-order valence-corrected chi connectivity index (χ3v) is 12.8. The smallest absolute Gasteiger partial charge is 0.160 e. The van der Waals surface area contributed by atoms with E-state index in [9.17, 15) is 0 Å². The van der Waals surface area contributed by atoms with E-state index in [0.717, 1.165) is 66.8 Å². The number of rotatable bonds is 7. The lowest BCUT2D eigenvalue weighted by molar-refractivity contribution is 0.769. The van der Waals surface area contributed by atoms with E-state index in [1.165, 1.54) is 38.8 Å². The van der Waals surface area contributed by atoms with Gasteiger partial charge in [-0.25, -0.2) is 15.0 Å². The summed E-state index contributed by atoms with van der Waals surface area (Å²) in [6.45, 7) is 0. The normalized spacial score (nSPS) is 12.6. The van der Waals surface area contributed by atoms with Crippen molar-refractivity contribution in [1.82, 2.24) is 15.0 Å². The molecule has 0 atom stereocenters. The highest BCUT2D eigenvalue weighted by Gasteiger charge is 2.46.